The number of ether oxygens (including phenoxy) is 2. The van der Waals surface area contributed by atoms with Crippen molar-refractivity contribution in [1.82, 2.24) is 4.90 Å². The van der Waals surface area contributed by atoms with Gasteiger partial charge < -0.3 is 30.7 Å². The van der Waals surface area contributed by atoms with Crippen molar-refractivity contribution in [3.8, 4) is 0 Å². The van der Waals surface area contributed by atoms with Gasteiger partial charge in [-0.2, -0.15) is 0 Å². The van der Waals surface area contributed by atoms with Gasteiger partial charge in [-0.25, -0.2) is 9.18 Å². The van der Waals surface area contributed by atoms with E-state index < -0.39 is 17.9 Å². The molecule has 1 aromatic carbocycles. The standard InChI is InChI=1S/C20H28FN5O4/c1-13-11-25(7-8-26(13)18(27)14-5-9-29-10-6-14)16-4-2-3-15(17(16)21)12-30-20(28)24-19(22)23/h2-4,13-14H,5-12H2,1H3,(H4,22,23,24,28). The van der Waals surface area contributed by atoms with Gasteiger partial charge >= 0.3 is 6.09 Å². The van der Waals surface area contributed by atoms with Crippen molar-refractivity contribution in [1.29, 1.82) is 0 Å². The summed E-state index contributed by atoms with van der Waals surface area (Å²) in [5, 5.41) is 0. The molecule has 30 heavy (non-hydrogen) atoms. The van der Waals surface area contributed by atoms with Crippen molar-refractivity contribution >= 4 is 23.6 Å². The Hall–Kier alpha value is -2.88. The summed E-state index contributed by atoms with van der Waals surface area (Å²) in [5.74, 6) is -0.721. The lowest BCUT2D eigenvalue weighted by Gasteiger charge is -2.42. The number of piperazine rings is 1. The summed E-state index contributed by atoms with van der Waals surface area (Å²) in [6.45, 7) is 4.50. The lowest BCUT2D eigenvalue weighted by Crippen LogP contribution is -2.56. The van der Waals surface area contributed by atoms with Gasteiger partial charge in [-0.1, -0.05) is 12.1 Å². The molecule has 164 valence electrons. The zero-order valence-corrected chi connectivity index (χ0v) is 17.1. The summed E-state index contributed by atoms with van der Waals surface area (Å²) in [5.41, 5.74) is 10.9. The van der Waals surface area contributed by atoms with E-state index in [1.807, 2.05) is 16.7 Å². The van der Waals surface area contributed by atoms with Crippen molar-refractivity contribution in [2.45, 2.75) is 32.4 Å². The molecule has 2 amide bonds. The first-order chi connectivity index (χ1) is 14.4. The fraction of sp³-hybridized carbons (Fsp3) is 0.550. The minimum atomic E-state index is -0.978. The molecule has 2 heterocycles. The van der Waals surface area contributed by atoms with Gasteiger partial charge in [-0.05, 0) is 25.8 Å². The van der Waals surface area contributed by atoms with Crippen molar-refractivity contribution in [3.63, 3.8) is 0 Å². The Morgan fingerprint density at radius 2 is 2.00 bits per heavy atom. The van der Waals surface area contributed by atoms with Gasteiger partial charge in [0.1, 0.15) is 6.61 Å². The van der Waals surface area contributed by atoms with Crippen molar-refractivity contribution in [2.75, 3.05) is 37.7 Å². The minimum absolute atomic E-state index is 0.00714. The number of aliphatic imine (C=N–C) groups is 1. The van der Waals surface area contributed by atoms with Crippen molar-refractivity contribution < 1.29 is 23.5 Å². The number of rotatable bonds is 4. The molecule has 0 aliphatic carbocycles. The Morgan fingerprint density at radius 3 is 2.67 bits per heavy atom. The molecule has 1 unspecified atom stereocenters. The number of carbonyl (C=O) groups is 2. The second-order valence-corrected chi connectivity index (χ2v) is 7.55. The van der Waals surface area contributed by atoms with Gasteiger partial charge in [-0.15, -0.1) is 4.99 Å². The number of guanidine groups is 1. The van der Waals surface area contributed by atoms with Crippen LogP contribution in [-0.4, -0.2) is 61.7 Å². The normalized spacial score (nSPS) is 20.0. The summed E-state index contributed by atoms with van der Waals surface area (Å²) in [7, 11) is 0. The van der Waals surface area contributed by atoms with E-state index in [0.717, 1.165) is 12.8 Å². The van der Waals surface area contributed by atoms with Gasteiger partial charge in [0.05, 0.1) is 5.69 Å². The molecule has 1 aromatic rings. The van der Waals surface area contributed by atoms with E-state index in [1.54, 1.807) is 12.1 Å². The van der Waals surface area contributed by atoms with Crippen LogP contribution >= 0.6 is 0 Å². The number of halogens is 1. The predicted molar refractivity (Wildman–Crippen MR) is 109 cm³/mol. The van der Waals surface area contributed by atoms with Gasteiger partial charge in [0.15, 0.2) is 11.8 Å². The zero-order chi connectivity index (χ0) is 21.7. The average molecular weight is 421 g/mol. The topological polar surface area (TPSA) is 123 Å². The number of benzene rings is 1. The molecular formula is C20H28FN5O4. The SMILES string of the molecule is CC1CN(c2cccc(COC(=O)N=C(N)N)c2F)CCN1C(=O)C1CCOCC1. The van der Waals surface area contributed by atoms with E-state index in [-0.39, 0.29) is 30.0 Å². The van der Waals surface area contributed by atoms with Gasteiger partial charge in [0.25, 0.3) is 0 Å². The van der Waals surface area contributed by atoms with Crippen LogP contribution in [0.2, 0.25) is 0 Å². The highest BCUT2D eigenvalue weighted by atomic mass is 19.1. The number of amides is 2. The number of hydrogen-bond donors (Lipinski definition) is 2. The number of nitrogens with two attached hydrogens (primary N) is 2. The van der Waals surface area contributed by atoms with E-state index in [1.165, 1.54) is 6.07 Å². The van der Waals surface area contributed by atoms with Crippen LogP contribution < -0.4 is 16.4 Å². The van der Waals surface area contributed by atoms with Gasteiger partial charge in [0, 0.05) is 50.4 Å². The highest BCUT2D eigenvalue weighted by Gasteiger charge is 2.33. The highest BCUT2D eigenvalue weighted by Crippen LogP contribution is 2.27. The molecule has 10 heteroatoms. The number of hydrogen-bond acceptors (Lipinski definition) is 5. The molecule has 0 radical (unpaired) electrons. The number of anilines is 1. The highest BCUT2D eigenvalue weighted by molar-refractivity contribution is 5.87. The van der Waals surface area contributed by atoms with Crippen LogP contribution in [-0.2, 0) is 20.9 Å². The monoisotopic (exact) mass is 421 g/mol. The fourth-order valence-electron chi connectivity index (χ4n) is 3.88. The smallest absolute Gasteiger partial charge is 0.437 e. The van der Waals surface area contributed by atoms with Crippen LogP contribution in [0.15, 0.2) is 23.2 Å². The zero-order valence-electron chi connectivity index (χ0n) is 17.1. The van der Waals surface area contributed by atoms with E-state index in [2.05, 4.69) is 4.99 Å². The molecule has 0 bridgehead atoms. The molecule has 2 fully saturated rings. The van der Waals surface area contributed by atoms with Gasteiger partial charge in [0.2, 0.25) is 5.91 Å². The molecule has 0 aromatic heterocycles. The van der Waals surface area contributed by atoms with Crippen LogP contribution in [0, 0.1) is 11.7 Å². The third-order valence-corrected chi connectivity index (χ3v) is 5.45. The molecule has 3 rings (SSSR count). The lowest BCUT2D eigenvalue weighted by atomic mass is 9.97. The maximum Gasteiger partial charge on any atom is 0.437 e. The molecule has 0 saturated carbocycles. The Bertz CT molecular complexity index is 808. The molecule has 9 nitrogen and oxygen atoms in total. The predicted octanol–water partition coefficient (Wildman–Crippen LogP) is 1.20. The van der Waals surface area contributed by atoms with Crippen molar-refractivity contribution in [2.24, 2.45) is 22.4 Å². The molecule has 2 aliphatic rings. The summed E-state index contributed by atoms with van der Waals surface area (Å²) in [6, 6.07) is 4.87. The second-order valence-electron chi connectivity index (χ2n) is 7.55. The van der Waals surface area contributed by atoms with E-state index >= 15 is 4.39 Å². The minimum Gasteiger partial charge on any atom is -0.443 e. The first-order valence-corrected chi connectivity index (χ1v) is 10.0. The molecule has 2 aliphatic heterocycles. The Balaban J connectivity index is 1.64. The number of nitrogens with zero attached hydrogens (tertiary/aromatic N) is 3. The third kappa shape index (κ3) is 5.18. The first kappa shape index (κ1) is 21.8. The van der Waals surface area contributed by atoms with Crippen molar-refractivity contribution in [3.05, 3.63) is 29.6 Å². The molecule has 4 N–H and O–H groups in total. The first-order valence-electron chi connectivity index (χ1n) is 10.0. The van der Waals surface area contributed by atoms with E-state index in [4.69, 9.17) is 20.9 Å². The maximum absolute atomic E-state index is 15.0. The number of carbonyl (C=O) groups excluding carboxylic acids is 2. The average Bonchev–Trinajstić information content (AvgIpc) is 2.72. The Kier molecular flexibility index (Phi) is 7.09. The second kappa shape index (κ2) is 9.75. The Morgan fingerprint density at radius 1 is 1.27 bits per heavy atom. The summed E-state index contributed by atoms with van der Waals surface area (Å²) in [6.07, 6.45) is 0.524. The van der Waals surface area contributed by atoms with E-state index in [9.17, 15) is 9.59 Å². The van der Waals surface area contributed by atoms with Crippen LogP contribution in [0.25, 0.3) is 0 Å². The molecule has 2 saturated heterocycles. The van der Waals surface area contributed by atoms with Gasteiger partial charge in [-0.3, -0.25) is 4.79 Å². The Labute approximate surface area is 174 Å². The van der Waals surface area contributed by atoms with Crippen LogP contribution in [0.5, 0.6) is 0 Å². The van der Waals surface area contributed by atoms with Crippen LogP contribution in [0.3, 0.4) is 0 Å². The van der Waals surface area contributed by atoms with Crippen LogP contribution in [0.1, 0.15) is 25.3 Å². The third-order valence-electron chi connectivity index (χ3n) is 5.45. The quantitative estimate of drug-likeness (QED) is 0.553. The molecule has 0 spiro atoms. The van der Waals surface area contributed by atoms with Crippen LogP contribution in [0.4, 0.5) is 14.9 Å². The maximum atomic E-state index is 15.0. The molecular weight excluding hydrogens is 393 g/mol. The summed E-state index contributed by atoms with van der Waals surface area (Å²) < 4.78 is 25.3. The summed E-state index contributed by atoms with van der Waals surface area (Å²) >= 11 is 0. The van der Waals surface area contributed by atoms with E-state index in [0.29, 0.717) is 38.5 Å². The fourth-order valence-corrected chi connectivity index (χ4v) is 3.88. The summed E-state index contributed by atoms with van der Waals surface area (Å²) in [4.78, 5) is 31.4. The largest absolute Gasteiger partial charge is 0.443 e. The lowest BCUT2D eigenvalue weighted by molar-refractivity contribution is -0.141. The molecule has 1 atom stereocenters.